The van der Waals surface area contributed by atoms with Crippen LogP contribution in [0.4, 0.5) is 0 Å². The molecule has 2 N–H and O–H groups in total. The fourth-order valence-electron chi connectivity index (χ4n) is 1.28. The topological polar surface area (TPSA) is 51.8 Å². The Balaban J connectivity index is 2.52. The molecule has 0 unspecified atom stereocenters. The highest BCUT2D eigenvalue weighted by Crippen LogP contribution is 2.17. The number of fused-ring (bicyclic) bond motifs is 1. The van der Waals surface area contributed by atoms with Gasteiger partial charge in [-0.1, -0.05) is 22.0 Å². The molecule has 0 spiro atoms. The number of benzene rings is 1. The van der Waals surface area contributed by atoms with Crippen LogP contribution in [-0.2, 0) is 6.42 Å². The van der Waals surface area contributed by atoms with E-state index in [1.165, 1.54) is 0 Å². The molecule has 1 aromatic carbocycles. The second kappa shape index (κ2) is 4.02. The molecule has 14 heavy (non-hydrogen) atoms. The average Bonchev–Trinajstić information content (AvgIpc) is 2.17. The summed E-state index contributed by atoms with van der Waals surface area (Å²) in [6.45, 7) is 0.583. The fourth-order valence-corrected chi connectivity index (χ4v) is 1.63. The van der Waals surface area contributed by atoms with Gasteiger partial charge in [-0.15, -0.1) is 0 Å². The highest BCUT2D eigenvalue weighted by molar-refractivity contribution is 9.10. The summed E-state index contributed by atoms with van der Waals surface area (Å²) in [5, 5.41) is 1.05. The average molecular weight is 252 g/mol. The zero-order chi connectivity index (χ0) is 9.97. The van der Waals surface area contributed by atoms with Crippen LogP contribution in [0, 0.1) is 0 Å². The van der Waals surface area contributed by atoms with Crippen molar-refractivity contribution in [2.75, 3.05) is 6.54 Å². The Hall–Kier alpha value is -1.00. The van der Waals surface area contributed by atoms with Crippen molar-refractivity contribution < 1.29 is 0 Å². The summed E-state index contributed by atoms with van der Waals surface area (Å²) in [6.07, 6.45) is 2.56. The minimum atomic E-state index is 0.583. The van der Waals surface area contributed by atoms with Gasteiger partial charge in [-0.05, 0) is 18.7 Å². The molecule has 0 aliphatic heterocycles. The minimum Gasteiger partial charge on any atom is -0.330 e. The van der Waals surface area contributed by atoms with Gasteiger partial charge in [0.2, 0.25) is 0 Å². The molecular weight excluding hydrogens is 242 g/mol. The van der Waals surface area contributed by atoms with Gasteiger partial charge in [-0.2, -0.15) is 0 Å². The van der Waals surface area contributed by atoms with Crippen molar-refractivity contribution in [3.05, 3.63) is 34.7 Å². The monoisotopic (exact) mass is 251 g/mol. The molecule has 3 nitrogen and oxygen atoms in total. The molecule has 0 saturated carbocycles. The number of halogens is 1. The SMILES string of the molecule is NCCc1ncc2ccc(Br)cc2n1. The Kier molecular flexibility index (Phi) is 2.74. The zero-order valence-electron chi connectivity index (χ0n) is 7.57. The first-order valence-corrected chi connectivity index (χ1v) is 5.20. The van der Waals surface area contributed by atoms with Crippen LogP contribution in [0.25, 0.3) is 10.9 Å². The van der Waals surface area contributed by atoms with Gasteiger partial charge in [0.1, 0.15) is 5.82 Å². The van der Waals surface area contributed by atoms with Gasteiger partial charge in [0.25, 0.3) is 0 Å². The molecule has 0 saturated heterocycles. The van der Waals surface area contributed by atoms with E-state index < -0.39 is 0 Å². The third-order valence-corrected chi connectivity index (χ3v) is 2.46. The Morgan fingerprint density at radius 2 is 2.21 bits per heavy atom. The Bertz CT molecular complexity index is 456. The molecular formula is C10H10BrN3. The zero-order valence-corrected chi connectivity index (χ0v) is 9.16. The largest absolute Gasteiger partial charge is 0.330 e. The van der Waals surface area contributed by atoms with Gasteiger partial charge >= 0.3 is 0 Å². The van der Waals surface area contributed by atoms with Crippen LogP contribution < -0.4 is 5.73 Å². The molecule has 2 rings (SSSR count). The number of nitrogens with two attached hydrogens (primary N) is 1. The maximum atomic E-state index is 5.45. The second-order valence-corrected chi connectivity index (χ2v) is 3.94. The van der Waals surface area contributed by atoms with Crippen molar-refractivity contribution in [1.82, 2.24) is 9.97 Å². The van der Waals surface area contributed by atoms with Crippen molar-refractivity contribution in [1.29, 1.82) is 0 Å². The van der Waals surface area contributed by atoms with Crippen molar-refractivity contribution in [2.24, 2.45) is 5.73 Å². The second-order valence-electron chi connectivity index (χ2n) is 3.03. The number of nitrogens with zero attached hydrogens (tertiary/aromatic N) is 2. The number of rotatable bonds is 2. The highest BCUT2D eigenvalue weighted by atomic mass is 79.9. The van der Waals surface area contributed by atoms with Crippen molar-refractivity contribution in [3.8, 4) is 0 Å². The van der Waals surface area contributed by atoms with E-state index in [1.54, 1.807) is 0 Å². The Labute approximate surface area is 90.5 Å². The van der Waals surface area contributed by atoms with Crippen LogP contribution in [0.5, 0.6) is 0 Å². The van der Waals surface area contributed by atoms with Gasteiger partial charge in [0.05, 0.1) is 5.52 Å². The first kappa shape index (κ1) is 9.55. The molecule has 1 aromatic heterocycles. The van der Waals surface area contributed by atoms with E-state index in [0.29, 0.717) is 6.54 Å². The van der Waals surface area contributed by atoms with Gasteiger partial charge < -0.3 is 5.73 Å². The Morgan fingerprint density at radius 3 is 3.00 bits per heavy atom. The maximum absolute atomic E-state index is 5.45. The van der Waals surface area contributed by atoms with E-state index in [9.17, 15) is 0 Å². The molecule has 1 heterocycles. The summed E-state index contributed by atoms with van der Waals surface area (Å²) in [5.74, 6) is 0.804. The lowest BCUT2D eigenvalue weighted by atomic mass is 10.2. The minimum absolute atomic E-state index is 0.583. The van der Waals surface area contributed by atoms with Crippen LogP contribution in [0.15, 0.2) is 28.9 Å². The molecule has 0 fully saturated rings. The molecule has 0 radical (unpaired) electrons. The van der Waals surface area contributed by atoms with Crippen LogP contribution in [0.2, 0.25) is 0 Å². The number of hydrogen-bond donors (Lipinski definition) is 1. The molecule has 2 aromatic rings. The quantitative estimate of drug-likeness (QED) is 0.887. The van der Waals surface area contributed by atoms with E-state index in [4.69, 9.17) is 5.73 Å². The molecule has 0 aliphatic carbocycles. The lowest BCUT2D eigenvalue weighted by molar-refractivity contribution is 0.879. The number of hydrogen-bond acceptors (Lipinski definition) is 3. The molecule has 0 bridgehead atoms. The fraction of sp³-hybridized carbons (Fsp3) is 0.200. The lowest BCUT2D eigenvalue weighted by Crippen LogP contribution is -2.06. The molecule has 4 heteroatoms. The van der Waals surface area contributed by atoms with Crippen molar-refractivity contribution in [2.45, 2.75) is 6.42 Å². The predicted octanol–water partition coefficient (Wildman–Crippen LogP) is 1.89. The van der Waals surface area contributed by atoms with Crippen LogP contribution in [0.3, 0.4) is 0 Å². The third kappa shape index (κ3) is 1.91. The molecule has 0 aliphatic rings. The summed E-state index contributed by atoms with van der Waals surface area (Å²) in [7, 11) is 0. The molecule has 0 amide bonds. The summed E-state index contributed by atoms with van der Waals surface area (Å²) < 4.78 is 1.03. The van der Waals surface area contributed by atoms with E-state index in [2.05, 4.69) is 25.9 Å². The van der Waals surface area contributed by atoms with Gasteiger partial charge in [-0.3, -0.25) is 0 Å². The molecule has 0 atom stereocenters. The van der Waals surface area contributed by atoms with Crippen LogP contribution in [0.1, 0.15) is 5.82 Å². The van der Waals surface area contributed by atoms with Gasteiger partial charge in [-0.25, -0.2) is 9.97 Å². The standard InChI is InChI=1S/C10H10BrN3/c11-8-2-1-7-6-13-10(3-4-12)14-9(7)5-8/h1-2,5-6H,3-4,12H2. The highest BCUT2D eigenvalue weighted by Gasteiger charge is 1.99. The number of aromatic nitrogens is 2. The lowest BCUT2D eigenvalue weighted by Gasteiger charge is -2.00. The summed E-state index contributed by atoms with van der Waals surface area (Å²) >= 11 is 3.41. The molecule has 72 valence electrons. The summed E-state index contributed by atoms with van der Waals surface area (Å²) in [5.41, 5.74) is 6.40. The Morgan fingerprint density at radius 1 is 1.36 bits per heavy atom. The van der Waals surface area contributed by atoms with E-state index in [1.807, 2.05) is 24.4 Å². The maximum Gasteiger partial charge on any atom is 0.130 e. The van der Waals surface area contributed by atoms with E-state index in [0.717, 1.165) is 27.6 Å². The summed E-state index contributed by atoms with van der Waals surface area (Å²) in [4.78, 5) is 8.62. The third-order valence-electron chi connectivity index (χ3n) is 1.96. The van der Waals surface area contributed by atoms with Gasteiger partial charge in [0, 0.05) is 22.5 Å². The van der Waals surface area contributed by atoms with E-state index in [-0.39, 0.29) is 0 Å². The summed E-state index contributed by atoms with van der Waals surface area (Å²) in [6, 6.07) is 5.96. The predicted molar refractivity (Wildman–Crippen MR) is 60.0 cm³/mol. The smallest absolute Gasteiger partial charge is 0.130 e. The van der Waals surface area contributed by atoms with Crippen LogP contribution >= 0.6 is 15.9 Å². The first-order valence-electron chi connectivity index (χ1n) is 4.41. The van der Waals surface area contributed by atoms with E-state index >= 15 is 0 Å². The normalized spacial score (nSPS) is 10.7. The van der Waals surface area contributed by atoms with Crippen LogP contribution in [-0.4, -0.2) is 16.5 Å². The van der Waals surface area contributed by atoms with Crippen molar-refractivity contribution >= 4 is 26.8 Å². The van der Waals surface area contributed by atoms with Gasteiger partial charge in [0.15, 0.2) is 0 Å². The first-order chi connectivity index (χ1) is 6.79. The van der Waals surface area contributed by atoms with Crippen molar-refractivity contribution in [3.63, 3.8) is 0 Å².